The number of aliphatic hydroxyl groups is 1. The van der Waals surface area contributed by atoms with Gasteiger partial charge < -0.3 is 20.6 Å². The molecule has 0 bridgehead atoms. The highest BCUT2D eigenvalue weighted by Crippen LogP contribution is 2.39. The highest BCUT2D eigenvalue weighted by atomic mass is 16.3. The number of rotatable bonds is 6. The molecule has 1 aliphatic heterocycles. The van der Waals surface area contributed by atoms with E-state index in [1.54, 1.807) is 0 Å². The zero-order chi connectivity index (χ0) is 21.6. The van der Waals surface area contributed by atoms with Crippen LogP contribution in [0.15, 0.2) is 30.3 Å². The van der Waals surface area contributed by atoms with Gasteiger partial charge in [-0.25, -0.2) is 0 Å². The van der Waals surface area contributed by atoms with Crippen LogP contribution >= 0.6 is 0 Å². The van der Waals surface area contributed by atoms with Gasteiger partial charge in [0.25, 0.3) is 0 Å². The first-order valence-corrected chi connectivity index (χ1v) is 11.1. The Morgan fingerprint density at radius 1 is 1.07 bits per heavy atom. The summed E-state index contributed by atoms with van der Waals surface area (Å²) in [7, 11) is 2.14. The molecule has 2 amide bonds. The summed E-state index contributed by atoms with van der Waals surface area (Å²) in [6.45, 7) is 5.96. The number of benzene rings is 1. The summed E-state index contributed by atoms with van der Waals surface area (Å²) >= 11 is 0. The van der Waals surface area contributed by atoms with Crippen LogP contribution in [0, 0.1) is 0 Å². The number of piperazine rings is 1. The molecule has 0 unspecified atom stereocenters. The van der Waals surface area contributed by atoms with Crippen LogP contribution in [-0.2, 0) is 15.0 Å². The lowest BCUT2D eigenvalue weighted by Crippen LogP contribution is -2.52. The maximum absolute atomic E-state index is 12.3. The summed E-state index contributed by atoms with van der Waals surface area (Å²) in [5, 5.41) is 16.6. The number of hydrogen-bond acceptors (Lipinski definition) is 5. The van der Waals surface area contributed by atoms with Gasteiger partial charge in [-0.1, -0.05) is 30.3 Å². The fourth-order valence-corrected chi connectivity index (χ4v) is 4.83. The second-order valence-electron chi connectivity index (χ2n) is 8.88. The van der Waals surface area contributed by atoms with Crippen molar-refractivity contribution in [2.75, 3.05) is 46.3 Å². The maximum Gasteiger partial charge on any atom is 0.239 e. The molecule has 1 saturated heterocycles. The van der Waals surface area contributed by atoms with Gasteiger partial charge in [0.15, 0.2) is 0 Å². The van der Waals surface area contributed by atoms with Crippen molar-refractivity contribution in [3.05, 3.63) is 35.9 Å². The Morgan fingerprint density at radius 3 is 2.40 bits per heavy atom. The van der Waals surface area contributed by atoms with Crippen LogP contribution in [0.5, 0.6) is 0 Å². The molecule has 2 fully saturated rings. The normalized spacial score (nSPS) is 28.5. The van der Waals surface area contributed by atoms with Crippen molar-refractivity contribution < 1.29 is 14.7 Å². The van der Waals surface area contributed by atoms with Crippen LogP contribution in [0.25, 0.3) is 0 Å². The Morgan fingerprint density at radius 2 is 1.73 bits per heavy atom. The Hall–Kier alpha value is -1.96. The molecule has 7 nitrogen and oxygen atoms in total. The maximum atomic E-state index is 12.3. The Kier molecular flexibility index (Phi) is 7.86. The molecular formula is C23H36N4O3. The molecule has 3 N–H and O–H groups in total. The molecule has 1 aromatic carbocycles. The topological polar surface area (TPSA) is 84.9 Å². The molecule has 1 heterocycles. The van der Waals surface area contributed by atoms with Crippen LogP contribution < -0.4 is 10.6 Å². The smallest absolute Gasteiger partial charge is 0.239 e. The Labute approximate surface area is 179 Å². The minimum Gasteiger partial charge on any atom is -0.391 e. The summed E-state index contributed by atoms with van der Waals surface area (Å²) in [6, 6.07) is 10.5. The van der Waals surface area contributed by atoms with Crippen molar-refractivity contribution in [2.45, 2.75) is 50.2 Å². The highest BCUT2D eigenvalue weighted by molar-refractivity contribution is 5.83. The third kappa shape index (κ3) is 5.80. The van der Waals surface area contributed by atoms with Gasteiger partial charge in [-0.3, -0.25) is 14.5 Å². The zero-order valence-corrected chi connectivity index (χ0v) is 18.3. The van der Waals surface area contributed by atoms with Crippen molar-refractivity contribution in [2.24, 2.45) is 0 Å². The Bertz CT molecular complexity index is 706. The first kappa shape index (κ1) is 22.7. The van der Waals surface area contributed by atoms with E-state index in [1.165, 1.54) is 12.5 Å². The molecule has 1 aromatic rings. The predicted molar refractivity (Wildman–Crippen MR) is 117 cm³/mol. The number of hydrogen-bond donors (Lipinski definition) is 3. The molecule has 1 saturated carbocycles. The van der Waals surface area contributed by atoms with Crippen LogP contribution in [0.4, 0.5) is 0 Å². The largest absolute Gasteiger partial charge is 0.391 e. The first-order valence-electron chi connectivity index (χ1n) is 11.1. The molecule has 7 heteroatoms. The third-order valence-electron chi connectivity index (χ3n) is 6.80. The van der Waals surface area contributed by atoms with E-state index in [1.807, 2.05) is 18.2 Å². The van der Waals surface area contributed by atoms with Gasteiger partial charge >= 0.3 is 0 Å². The van der Waals surface area contributed by atoms with E-state index in [2.05, 4.69) is 39.6 Å². The predicted octanol–water partition coefficient (Wildman–Crippen LogP) is 0.728. The standard InChI is InChI=1S/C23H36N4O3/c1-18(28)24-16-22(30)25-17-23(19-6-4-3-5-7-19)10-8-20(21(29)9-11-23)27-14-12-26(2)13-15-27/h3-7,20-21,29H,8-17H2,1-2H3,(H,24,28)(H,25,30)/t20-,21-,23-/m0/s1. The van der Waals surface area contributed by atoms with E-state index in [-0.39, 0.29) is 35.9 Å². The fourth-order valence-electron chi connectivity index (χ4n) is 4.83. The summed E-state index contributed by atoms with van der Waals surface area (Å²) in [4.78, 5) is 28.1. The lowest BCUT2D eigenvalue weighted by atomic mass is 9.74. The molecule has 0 aromatic heterocycles. The molecular weight excluding hydrogens is 380 g/mol. The third-order valence-corrected chi connectivity index (χ3v) is 6.80. The van der Waals surface area contributed by atoms with Gasteiger partial charge in [-0.2, -0.15) is 0 Å². The number of amides is 2. The van der Waals surface area contributed by atoms with Gasteiger partial charge in [-0.15, -0.1) is 0 Å². The van der Waals surface area contributed by atoms with Crippen molar-refractivity contribution in [3.63, 3.8) is 0 Å². The average Bonchev–Trinajstić information content (AvgIpc) is 2.92. The van der Waals surface area contributed by atoms with Crippen LogP contribution in [0.2, 0.25) is 0 Å². The van der Waals surface area contributed by atoms with E-state index < -0.39 is 0 Å². The van der Waals surface area contributed by atoms with Crippen molar-refractivity contribution in [1.82, 2.24) is 20.4 Å². The molecule has 0 spiro atoms. The molecule has 2 aliphatic rings. The first-order chi connectivity index (χ1) is 14.4. The molecule has 3 atom stereocenters. The second kappa shape index (κ2) is 10.4. The number of nitrogens with one attached hydrogen (secondary N) is 2. The second-order valence-corrected chi connectivity index (χ2v) is 8.88. The molecule has 3 rings (SSSR count). The number of carbonyl (C=O) groups excluding carboxylic acids is 2. The zero-order valence-electron chi connectivity index (χ0n) is 18.3. The summed E-state index contributed by atoms with van der Waals surface area (Å²) in [6.07, 6.45) is 3.00. The van der Waals surface area contributed by atoms with E-state index in [0.717, 1.165) is 45.4 Å². The minimum absolute atomic E-state index is 0.00719. The summed E-state index contributed by atoms with van der Waals surface area (Å²) in [5.41, 5.74) is 0.992. The number of carbonyl (C=O) groups is 2. The van der Waals surface area contributed by atoms with Gasteiger partial charge in [0.05, 0.1) is 12.6 Å². The fraction of sp³-hybridized carbons (Fsp3) is 0.652. The van der Waals surface area contributed by atoms with Crippen molar-refractivity contribution >= 4 is 11.8 Å². The molecule has 166 valence electrons. The summed E-state index contributed by atoms with van der Waals surface area (Å²) < 4.78 is 0. The molecule has 1 aliphatic carbocycles. The lowest BCUT2D eigenvalue weighted by molar-refractivity contribution is -0.125. The van der Waals surface area contributed by atoms with Gasteiger partial charge in [-0.05, 0) is 38.3 Å². The number of nitrogens with zero attached hydrogens (tertiary/aromatic N) is 2. The SMILES string of the molecule is CC(=O)NCC(=O)NC[C@@]1(c2ccccc2)CC[C@H](O)[C@@H](N2CCN(C)CC2)CC1. The highest BCUT2D eigenvalue weighted by Gasteiger charge is 2.40. The monoisotopic (exact) mass is 416 g/mol. The van der Waals surface area contributed by atoms with Gasteiger partial charge in [0, 0.05) is 51.1 Å². The molecule has 30 heavy (non-hydrogen) atoms. The number of likely N-dealkylation sites (N-methyl/N-ethyl adjacent to an activating group) is 1. The quantitative estimate of drug-likeness (QED) is 0.596. The van der Waals surface area contributed by atoms with E-state index in [9.17, 15) is 14.7 Å². The van der Waals surface area contributed by atoms with Gasteiger partial charge in [0.2, 0.25) is 11.8 Å². The van der Waals surface area contributed by atoms with E-state index in [4.69, 9.17) is 0 Å². The molecule has 0 radical (unpaired) electrons. The number of aliphatic hydroxyl groups excluding tert-OH is 1. The average molecular weight is 417 g/mol. The minimum atomic E-state index is -0.353. The van der Waals surface area contributed by atoms with E-state index in [0.29, 0.717) is 13.0 Å². The lowest BCUT2D eigenvalue weighted by Gasteiger charge is -2.39. The van der Waals surface area contributed by atoms with Crippen LogP contribution in [0.3, 0.4) is 0 Å². The Balaban J connectivity index is 1.72. The summed E-state index contributed by atoms with van der Waals surface area (Å²) in [5.74, 6) is -0.392. The van der Waals surface area contributed by atoms with Crippen molar-refractivity contribution in [3.8, 4) is 0 Å². The van der Waals surface area contributed by atoms with Gasteiger partial charge in [0.1, 0.15) is 0 Å². The van der Waals surface area contributed by atoms with E-state index >= 15 is 0 Å². The van der Waals surface area contributed by atoms with Crippen LogP contribution in [0.1, 0.15) is 38.2 Å². The van der Waals surface area contributed by atoms with Crippen LogP contribution in [-0.4, -0.2) is 85.2 Å². The van der Waals surface area contributed by atoms with Crippen molar-refractivity contribution in [1.29, 1.82) is 0 Å².